The Morgan fingerprint density at radius 2 is 1.93 bits per heavy atom. The first kappa shape index (κ1) is 10.8. The SMILES string of the molecule is CC(C)[C@@H](N)c1c(F)ccc(N)c1O. The third-order valence-electron chi connectivity index (χ3n) is 2.25. The van der Waals surface area contributed by atoms with Gasteiger partial charge >= 0.3 is 0 Å². The highest BCUT2D eigenvalue weighted by molar-refractivity contribution is 5.57. The van der Waals surface area contributed by atoms with E-state index in [4.69, 9.17) is 11.5 Å². The van der Waals surface area contributed by atoms with E-state index < -0.39 is 11.9 Å². The highest BCUT2D eigenvalue weighted by Crippen LogP contribution is 2.34. The number of phenolic OH excluding ortho intramolecular Hbond substituents is 1. The maximum atomic E-state index is 13.3. The van der Waals surface area contributed by atoms with E-state index in [1.165, 1.54) is 12.1 Å². The number of benzene rings is 1. The summed E-state index contributed by atoms with van der Waals surface area (Å²) >= 11 is 0. The second-order valence-corrected chi connectivity index (χ2v) is 3.67. The maximum Gasteiger partial charge on any atom is 0.146 e. The number of phenols is 1. The summed E-state index contributed by atoms with van der Waals surface area (Å²) in [6.45, 7) is 3.71. The van der Waals surface area contributed by atoms with Crippen LogP contribution in [0.4, 0.5) is 10.1 Å². The summed E-state index contributed by atoms with van der Waals surface area (Å²) in [7, 11) is 0. The van der Waals surface area contributed by atoms with Crippen molar-refractivity contribution >= 4 is 5.69 Å². The fourth-order valence-electron chi connectivity index (χ4n) is 1.25. The molecule has 3 nitrogen and oxygen atoms in total. The lowest BCUT2D eigenvalue weighted by Crippen LogP contribution is -2.18. The van der Waals surface area contributed by atoms with Crippen LogP contribution in [0.5, 0.6) is 5.75 Å². The van der Waals surface area contributed by atoms with Crippen molar-refractivity contribution in [3.63, 3.8) is 0 Å². The predicted octanol–water partition coefficient (Wildman–Crippen LogP) is 1.77. The fraction of sp³-hybridized carbons (Fsp3) is 0.400. The summed E-state index contributed by atoms with van der Waals surface area (Å²) in [4.78, 5) is 0. The highest BCUT2D eigenvalue weighted by Gasteiger charge is 2.20. The second-order valence-electron chi connectivity index (χ2n) is 3.67. The van der Waals surface area contributed by atoms with Crippen molar-refractivity contribution in [2.75, 3.05) is 5.73 Å². The molecule has 0 fully saturated rings. The van der Waals surface area contributed by atoms with Gasteiger partial charge in [-0.2, -0.15) is 0 Å². The summed E-state index contributed by atoms with van der Waals surface area (Å²) in [6, 6.07) is 1.99. The molecule has 0 spiro atoms. The quantitative estimate of drug-likeness (QED) is 0.501. The van der Waals surface area contributed by atoms with Crippen LogP contribution in [0.25, 0.3) is 0 Å². The van der Waals surface area contributed by atoms with Gasteiger partial charge in [0.25, 0.3) is 0 Å². The number of nitrogen functional groups attached to an aromatic ring is 1. The van der Waals surface area contributed by atoms with Crippen LogP contribution in [0.1, 0.15) is 25.5 Å². The molecule has 0 bridgehead atoms. The minimum absolute atomic E-state index is 0.0391. The molecule has 1 atom stereocenters. The zero-order valence-corrected chi connectivity index (χ0v) is 8.29. The zero-order valence-electron chi connectivity index (χ0n) is 8.29. The summed E-state index contributed by atoms with van der Waals surface area (Å²) in [5.74, 6) is -0.721. The molecule has 0 aliphatic rings. The molecule has 1 aromatic rings. The zero-order chi connectivity index (χ0) is 10.9. The molecule has 78 valence electrons. The molecular weight excluding hydrogens is 183 g/mol. The van der Waals surface area contributed by atoms with Crippen LogP contribution < -0.4 is 11.5 Å². The molecule has 1 aromatic carbocycles. The third kappa shape index (κ3) is 1.80. The number of aromatic hydroxyl groups is 1. The molecule has 4 heteroatoms. The number of anilines is 1. The van der Waals surface area contributed by atoms with E-state index in [2.05, 4.69) is 0 Å². The molecule has 0 saturated carbocycles. The Kier molecular flexibility index (Phi) is 2.96. The second kappa shape index (κ2) is 3.84. The van der Waals surface area contributed by atoms with E-state index in [9.17, 15) is 9.50 Å². The highest BCUT2D eigenvalue weighted by atomic mass is 19.1. The smallest absolute Gasteiger partial charge is 0.146 e. The van der Waals surface area contributed by atoms with Crippen LogP contribution in [0, 0.1) is 11.7 Å². The number of rotatable bonds is 2. The lowest BCUT2D eigenvalue weighted by atomic mass is 9.95. The van der Waals surface area contributed by atoms with E-state index in [1.807, 2.05) is 13.8 Å². The van der Waals surface area contributed by atoms with Crippen LogP contribution in [-0.2, 0) is 0 Å². The molecule has 0 saturated heterocycles. The van der Waals surface area contributed by atoms with Gasteiger partial charge in [-0.1, -0.05) is 13.8 Å². The lowest BCUT2D eigenvalue weighted by Gasteiger charge is -2.18. The number of nitrogens with two attached hydrogens (primary N) is 2. The molecule has 14 heavy (non-hydrogen) atoms. The van der Waals surface area contributed by atoms with Crippen molar-refractivity contribution in [2.24, 2.45) is 11.7 Å². The molecule has 5 N–H and O–H groups in total. The molecule has 0 unspecified atom stereocenters. The molecular formula is C10H15FN2O. The Hall–Kier alpha value is -1.29. The van der Waals surface area contributed by atoms with Crippen LogP contribution in [-0.4, -0.2) is 5.11 Å². The average molecular weight is 198 g/mol. The van der Waals surface area contributed by atoms with Crippen LogP contribution in [0.2, 0.25) is 0 Å². The number of halogens is 1. The largest absolute Gasteiger partial charge is 0.505 e. The van der Waals surface area contributed by atoms with Crippen molar-refractivity contribution in [3.8, 4) is 5.75 Å². The summed E-state index contributed by atoms with van der Waals surface area (Å²) < 4.78 is 13.3. The van der Waals surface area contributed by atoms with Crippen molar-refractivity contribution in [1.82, 2.24) is 0 Å². The Balaban J connectivity index is 3.25. The van der Waals surface area contributed by atoms with E-state index in [-0.39, 0.29) is 22.9 Å². The van der Waals surface area contributed by atoms with Crippen LogP contribution in [0.15, 0.2) is 12.1 Å². The van der Waals surface area contributed by atoms with Gasteiger partial charge in [-0.05, 0) is 18.1 Å². The normalized spacial score (nSPS) is 13.2. The first-order valence-electron chi connectivity index (χ1n) is 4.47. The van der Waals surface area contributed by atoms with Gasteiger partial charge in [0.1, 0.15) is 11.6 Å². The van der Waals surface area contributed by atoms with E-state index in [0.717, 1.165) is 0 Å². The van der Waals surface area contributed by atoms with Gasteiger partial charge in [0.05, 0.1) is 5.69 Å². The van der Waals surface area contributed by atoms with Gasteiger partial charge in [-0.3, -0.25) is 0 Å². The summed E-state index contributed by atoms with van der Waals surface area (Å²) in [5.41, 5.74) is 11.5. The Morgan fingerprint density at radius 3 is 2.43 bits per heavy atom. The van der Waals surface area contributed by atoms with Gasteiger partial charge in [-0.15, -0.1) is 0 Å². The van der Waals surface area contributed by atoms with Gasteiger partial charge in [0.2, 0.25) is 0 Å². The first-order chi connectivity index (χ1) is 6.45. The van der Waals surface area contributed by atoms with E-state index >= 15 is 0 Å². The molecule has 1 rings (SSSR count). The van der Waals surface area contributed by atoms with E-state index in [1.54, 1.807) is 0 Å². The molecule has 0 aliphatic heterocycles. The maximum absolute atomic E-state index is 13.3. The molecule has 0 radical (unpaired) electrons. The van der Waals surface area contributed by atoms with Gasteiger partial charge < -0.3 is 16.6 Å². The van der Waals surface area contributed by atoms with Crippen molar-refractivity contribution < 1.29 is 9.50 Å². The third-order valence-corrected chi connectivity index (χ3v) is 2.25. The molecule has 0 heterocycles. The summed E-state index contributed by atoms with van der Waals surface area (Å²) in [6.07, 6.45) is 0. The minimum Gasteiger partial charge on any atom is -0.505 e. The monoisotopic (exact) mass is 198 g/mol. The molecule has 0 aliphatic carbocycles. The van der Waals surface area contributed by atoms with Crippen LogP contribution >= 0.6 is 0 Å². The van der Waals surface area contributed by atoms with Crippen molar-refractivity contribution in [3.05, 3.63) is 23.5 Å². The standard InChI is InChI=1S/C10H15FN2O/c1-5(2)9(13)8-6(11)3-4-7(12)10(8)14/h3-5,9,14H,12-13H2,1-2H3/t9-/m1/s1. The minimum atomic E-state index is -0.543. The van der Waals surface area contributed by atoms with E-state index in [0.29, 0.717) is 0 Å². The lowest BCUT2D eigenvalue weighted by molar-refractivity contribution is 0.425. The van der Waals surface area contributed by atoms with Gasteiger partial charge in [0.15, 0.2) is 0 Å². The van der Waals surface area contributed by atoms with Gasteiger partial charge in [0, 0.05) is 11.6 Å². The average Bonchev–Trinajstić information content (AvgIpc) is 2.12. The van der Waals surface area contributed by atoms with Gasteiger partial charge in [-0.25, -0.2) is 4.39 Å². The topological polar surface area (TPSA) is 72.3 Å². The van der Waals surface area contributed by atoms with Crippen molar-refractivity contribution in [1.29, 1.82) is 0 Å². The van der Waals surface area contributed by atoms with Crippen molar-refractivity contribution in [2.45, 2.75) is 19.9 Å². The predicted molar refractivity (Wildman–Crippen MR) is 54.2 cm³/mol. The summed E-state index contributed by atoms with van der Waals surface area (Å²) in [5, 5.41) is 9.55. The Morgan fingerprint density at radius 1 is 1.36 bits per heavy atom. The molecule has 0 aromatic heterocycles. The Labute approximate surface area is 82.5 Å². The van der Waals surface area contributed by atoms with Crippen LogP contribution in [0.3, 0.4) is 0 Å². The molecule has 0 amide bonds. The number of hydrogen-bond donors (Lipinski definition) is 3. The Bertz CT molecular complexity index is 339. The first-order valence-corrected chi connectivity index (χ1v) is 4.47. The fourth-order valence-corrected chi connectivity index (χ4v) is 1.25. The number of hydrogen-bond acceptors (Lipinski definition) is 3.